The second kappa shape index (κ2) is 5.20. The molecule has 0 unspecified atom stereocenters. The Morgan fingerprint density at radius 2 is 1.04 bits per heavy atom. The second-order valence-electron chi connectivity index (χ2n) is 5.76. The standard InChI is InChI=1S/C20H14O4/c1-11-13-7-3-5-9-15(13)23-19(11)17(21)18(22)20-12(2)14-8-4-6-10-16(14)24-20/h3-10H,1-2H3. The molecule has 0 fully saturated rings. The maximum Gasteiger partial charge on any atom is 0.272 e. The van der Waals surface area contributed by atoms with Gasteiger partial charge in [-0.1, -0.05) is 36.4 Å². The number of aryl methyl sites for hydroxylation is 2. The molecule has 2 heterocycles. The Hall–Kier alpha value is -3.14. The van der Waals surface area contributed by atoms with Gasteiger partial charge in [0, 0.05) is 21.9 Å². The van der Waals surface area contributed by atoms with Crippen LogP contribution < -0.4 is 0 Å². The zero-order valence-corrected chi connectivity index (χ0v) is 13.3. The third kappa shape index (κ3) is 2.00. The molecule has 0 aliphatic heterocycles. The molecule has 0 bridgehead atoms. The number of benzene rings is 2. The van der Waals surface area contributed by atoms with Crippen LogP contribution in [0.1, 0.15) is 32.2 Å². The number of hydrogen-bond acceptors (Lipinski definition) is 4. The molecule has 4 heteroatoms. The molecule has 2 aromatic heterocycles. The number of ketones is 2. The van der Waals surface area contributed by atoms with E-state index in [4.69, 9.17) is 8.83 Å². The minimum atomic E-state index is -0.689. The van der Waals surface area contributed by atoms with Crippen LogP contribution in [-0.2, 0) is 0 Å². The van der Waals surface area contributed by atoms with Crippen LogP contribution in [0.3, 0.4) is 0 Å². The van der Waals surface area contributed by atoms with Gasteiger partial charge in [0.15, 0.2) is 11.5 Å². The molecule has 0 N–H and O–H groups in total. The maximum absolute atomic E-state index is 12.7. The first kappa shape index (κ1) is 14.5. The zero-order chi connectivity index (χ0) is 16.8. The van der Waals surface area contributed by atoms with E-state index in [-0.39, 0.29) is 11.5 Å². The molecule has 0 amide bonds. The van der Waals surface area contributed by atoms with Crippen molar-refractivity contribution in [3.8, 4) is 0 Å². The lowest BCUT2D eigenvalue weighted by Crippen LogP contribution is -2.15. The first-order valence-electron chi connectivity index (χ1n) is 7.63. The van der Waals surface area contributed by atoms with Crippen molar-refractivity contribution in [2.24, 2.45) is 0 Å². The van der Waals surface area contributed by atoms with Crippen LogP contribution in [0.25, 0.3) is 21.9 Å². The Labute approximate surface area is 137 Å². The van der Waals surface area contributed by atoms with Crippen LogP contribution >= 0.6 is 0 Å². The summed E-state index contributed by atoms with van der Waals surface area (Å²) in [6.45, 7) is 3.55. The minimum absolute atomic E-state index is 0.0704. The number of para-hydroxylation sites is 2. The molecule has 4 nitrogen and oxygen atoms in total. The van der Waals surface area contributed by atoms with E-state index < -0.39 is 11.6 Å². The van der Waals surface area contributed by atoms with E-state index in [9.17, 15) is 9.59 Å². The summed E-state index contributed by atoms with van der Waals surface area (Å²) >= 11 is 0. The lowest BCUT2D eigenvalue weighted by Gasteiger charge is -1.97. The van der Waals surface area contributed by atoms with Crippen molar-refractivity contribution in [1.82, 2.24) is 0 Å². The van der Waals surface area contributed by atoms with Crippen LogP contribution in [0.5, 0.6) is 0 Å². The highest BCUT2D eigenvalue weighted by Gasteiger charge is 2.29. The van der Waals surface area contributed by atoms with E-state index in [1.54, 1.807) is 26.0 Å². The van der Waals surface area contributed by atoms with Crippen LogP contribution in [0.15, 0.2) is 57.4 Å². The molecule has 0 radical (unpaired) electrons. The van der Waals surface area contributed by atoms with E-state index in [0.717, 1.165) is 10.8 Å². The molecular formula is C20H14O4. The number of rotatable bonds is 3. The average molecular weight is 318 g/mol. The molecule has 24 heavy (non-hydrogen) atoms. The monoisotopic (exact) mass is 318 g/mol. The number of furan rings is 2. The molecule has 0 atom stereocenters. The third-order valence-corrected chi connectivity index (χ3v) is 4.31. The smallest absolute Gasteiger partial charge is 0.272 e. The molecule has 0 spiro atoms. The summed E-state index contributed by atoms with van der Waals surface area (Å²) in [7, 11) is 0. The van der Waals surface area contributed by atoms with Gasteiger partial charge >= 0.3 is 0 Å². The van der Waals surface area contributed by atoms with Gasteiger partial charge < -0.3 is 8.83 Å². The molecular weight excluding hydrogens is 304 g/mol. The molecule has 0 saturated heterocycles. The zero-order valence-electron chi connectivity index (χ0n) is 13.3. The molecule has 4 aromatic rings. The van der Waals surface area contributed by atoms with Crippen molar-refractivity contribution >= 4 is 33.5 Å². The van der Waals surface area contributed by atoms with Crippen molar-refractivity contribution in [3.63, 3.8) is 0 Å². The summed E-state index contributed by atoms with van der Waals surface area (Å²) in [6.07, 6.45) is 0. The van der Waals surface area contributed by atoms with E-state index in [1.165, 1.54) is 0 Å². The third-order valence-electron chi connectivity index (χ3n) is 4.31. The van der Waals surface area contributed by atoms with Crippen molar-refractivity contribution in [2.45, 2.75) is 13.8 Å². The molecule has 2 aromatic carbocycles. The first-order valence-corrected chi connectivity index (χ1v) is 7.63. The lowest BCUT2D eigenvalue weighted by molar-refractivity contribution is 0.0786. The number of hydrogen-bond donors (Lipinski definition) is 0. The van der Waals surface area contributed by atoms with Gasteiger partial charge in [0.1, 0.15) is 11.2 Å². The Morgan fingerprint density at radius 3 is 1.42 bits per heavy atom. The first-order chi connectivity index (χ1) is 11.6. The van der Waals surface area contributed by atoms with E-state index in [0.29, 0.717) is 22.3 Å². The highest BCUT2D eigenvalue weighted by Crippen LogP contribution is 2.29. The number of Topliss-reactive ketones (excluding diaryl/α,β-unsaturated/α-hetero) is 2. The van der Waals surface area contributed by atoms with Crippen LogP contribution in [-0.4, -0.2) is 11.6 Å². The Morgan fingerprint density at radius 1 is 0.667 bits per heavy atom. The predicted molar refractivity (Wildman–Crippen MR) is 90.6 cm³/mol. The fraction of sp³-hybridized carbons (Fsp3) is 0.100. The number of carbonyl (C=O) groups is 2. The fourth-order valence-corrected chi connectivity index (χ4v) is 2.99. The lowest BCUT2D eigenvalue weighted by atomic mass is 10.0. The topological polar surface area (TPSA) is 60.4 Å². The van der Waals surface area contributed by atoms with E-state index in [2.05, 4.69) is 0 Å². The summed E-state index contributed by atoms with van der Waals surface area (Å²) in [5.74, 6) is -1.24. The normalized spacial score (nSPS) is 11.2. The summed E-state index contributed by atoms with van der Waals surface area (Å²) in [5.41, 5.74) is 2.51. The van der Waals surface area contributed by atoms with Gasteiger partial charge in [-0.3, -0.25) is 9.59 Å². The van der Waals surface area contributed by atoms with Gasteiger partial charge in [0.05, 0.1) is 0 Å². The van der Waals surface area contributed by atoms with Crippen molar-refractivity contribution in [1.29, 1.82) is 0 Å². The van der Waals surface area contributed by atoms with Gasteiger partial charge in [0.2, 0.25) is 0 Å². The molecule has 0 aliphatic carbocycles. The van der Waals surface area contributed by atoms with Crippen molar-refractivity contribution in [2.75, 3.05) is 0 Å². The van der Waals surface area contributed by atoms with Gasteiger partial charge in [0.25, 0.3) is 11.6 Å². The van der Waals surface area contributed by atoms with Gasteiger partial charge in [-0.15, -0.1) is 0 Å². The van der Waals surface area contributed by atoms with Crippen molar-refractivity contribution in [3.05, 3.63) is 71.2 Å². The van der Waals surface area contributed by atoms with Gasteiger partial charge in [-0.25, -0.2) is 0 Å². The largest absolute Gasteiger partial charge is 0.452 e. The Kier molecular flexibility index (Phi) is 3.13. The summed E-state index contributed by atoms with van der Waals surface area (Å²) in [4.78, 5) is 25.3. The predicted octanol–water partition coefficient (Wildman–Crippen LogP) is 4.86. The van der Waals surface area contributed by atoms with E-state index in [1.807, 2.05) is 36.4 Å². The van der Waals surface area contributed by atoms with Crippen LogP contribution in [0.4, 0.5) is 0 Å². The maximum atomic E-state index is 12.7. The highest BCUT2D eigenvalue weighted by atomic mass is 16.4. The second-order valence-corrected chi connectivity index (χ2v) is 5.76. The van der Waals surface area contributed by atoms with Gasteiger partial charge in [-0.05, 0) is 26.0 Å². The van der Waals surface area contributed by atoms with Crippen LogP contribution in [0.2, 0.25) is 0 Å². The molecule has 118 valence electrons. The summed E-state index contributed by atoms with van der Waals surface area (Å²) in [5, 5.41) is 1.66. The number of carbonyl (C=O) groups excluding carboxylic acids is 2. The van der Waals surface area contributed by atoms with Crippen LogP contribution in [0, 0.1) is 13.8 Å². The molecule has 4 rings (SSSR count). The molecule has 0 saturated carbocycles. The number of fused-ring (bicyclic) bond motifs is 2. The Bertz CT molecular complexity index is 1020. The fourth-order valence-electron chi connectivity index (χ4n) is 2.99. The highest BCUT2D eigenvalue weighted by molar-refractivity contribution is 6.49. The SMILES string of the molecule is Cc1c(C(=O)C(=O)c2oc3ccccc3c2C)oc2ccccc12. The minimum Gasteiger partial charge on any atom is -0.452 e. The van der Waals surface area contributed by atoms with Gasteiger partial charge in [-0.2, -0.15) is 0 Å². The summed E-state index contributed by atoms with van der Waals surface area (Å²) < 4.78 is 11.2. The average Bonchev–Trinajstić information content (AvgIpc) is 3.12. The van der Waals surface area contributed by atoms with Crippen molar-refractivity contribution < 1.29 is 18.4 Å². The molecule has 0 aliphatic rings. The summed E-state index contributed by atoms with van der Waals surface area (Å²) in [6, 6.07) is 14.7. The quantitative estimate of drug-likeness (QED) is 0.400. The Balaban J connectivity index is 1.81. The van der Waals surface area contributed by atoms with E-state index >= 15 is 0 Å².